The van der Waals surface area contributed by atoms with Crippen molar-refractivity contribution >= 4 is 17.7 Å². The number of benzene rings is 1. The number of methoxy groups -OCH3 is 1. The van der Waals surface area contributed by atoms with E-state index in [1.807, 2.05) is 42.1 Å². The molecule has 0 aromatic heterocycles. The Labute approximate surface area is 119 Å². The van der Waals surface area contributed by atoms with Gasteiger partial charge in [-0.25, -0.2) is 0 Å². The molecule has 0 aliphatic heterocycles. The molecule has 1 aliphatic carbocycles. The van der Waals surface area contributed by atoms with Gasteiger partial charge in [0.2, 0.25) is 0 Å². The van der Waals surface area contributed by atoms with Crippen LogP contribution in [-0.4, -0.2) is 24.1 Å². The fourth-order valence-electron chi connectivity index (χ4n) is 2.59. The fraction of sp³-hybridized carbons (Fsp3) is 0.562. The summed E-state index contributed by atoms with van der Waals surface area (Å²) < 4.78 is 4.95. The summed E-state index contributed by atoms with van der Waals surface area (Å²) in [5, 5.41) is 0.726. The average molecular weight is 278 g/mol. The van der Waals surface area contributed by atoms with Crippen LogP contribution < -0.4 is 0 Å². The monoisotopic (exact) mass is 278 g/mol. The summed E-state index contributed by atoms with van der Waals surface area (Å²) in [7, 11) is 1.48. The van der Waals surface area contributed by atoms with Crippen molar-refractivity contribution in [2.45, 2.75) is 43.3 Å². The lowest BCUT2D eigenvalue weighted by molar-refractivity contribution is -0.141. The van der Waals surface area contributed by atoms with E-state index in [1.54, 1.807) is 0 Å². The van der Waals surface area contributed by atoms with E-state index in [0.29, 0.717) is 0 Å². The first-order valence-corrected chi connectivity index (χ1v) is 8.10. The maximum atomic E-state index is 11.9. The Kier molecular flexibility index (Phi) is 5.77. The minimum atomic E-state index is -0.127. The summed E-state index contributed by atoms with van der Waals surface area (Å²) in [5.41, 5.74) is 1.07. The van der Waals surface area contributed by atoms with Crippen LogP contribution >= 0.6 is 11.8 Å². The number of carbonyl (C=O) groups is 1. The van der Waals surface area contributed by atoms with Crippen molar-refractivity contribution in [1.82, 2.24) is 0 Å². The van der Waals surface area contributed by atoms with Gasteiger partial charge in [-0.2, -0.15) is 11.8 Å². The Morgan fingerprint density at radius 2 is 1.95 bits per heavy atom. The third kappa shape index (κ3) is 4.27. The molecule has 0 bridgehead atoms. The van der Waals surface area contributed by atoms with Gasteiger partial charge < -0.3 is 4.74 Å². The summed E-state index contributed by atoms with van der Waals surface area (Å²) in [6, 6.07) is 9.98. The predicted molar refractivity (Wildman–Crippen MR) is 80.5 cm³/mol. The van der Waals surface area contributed by atoms with Crippen molar-refractivity contribution in [2.75, 3.05) is 12.9 Å². The second kappa shape index (κ2) is 7.59. The molecule has 0 radical (unpaired) electrons. The van der Waals surface area contributed by atoms with Gasteiger partial charge in [0.05, 0.1) is 13.0 Å². The van der Waals surface area contributed by atoms with Gasteiger partial charge in [-0.15, -0.1) is 0 Å². The zero-order valence-corrected chi connectivity index (χ0v) is 12.3. The third-order valence-corrected chi connectivity index (χ3v) is 5.21. The number of ether oxygens (including phenoxy) is 1. The second-order valence-corrected chi connectivity index (χ2v) is 6.41. The van der Waals surface area contributed by atoms with Crippen molar-refractivity contribution < 1.29 is 9.53 Å². The quantitative estimate of drug-likeness (QED) is 0.761. The number of hydrogen-bond acceptors (Lipinski definition) is 3. The second-order valence-electron chi connectivity index (χ2n) is 5.08. The van der Waals surface area contributed by atoms with Gasteiger partial charge in [0.1, 0.15) is 0 Å². The van der Waals surface area contributed by atoms with Gasteiger partial charge in [-0.1, -0.05) is 49.6 Å². The fourth-order valence-corrected chi connectivity index (χ4v) is 4.05. The summed E-state index contributed by atoms with van der Waals surface area (Å²) in [6.07, 6.45) is 6.65. The minimum absolute atomic E-state index is 0.116. The van der Waals surface area contributed by atoms with Crippen molar-refractivity contribution in [1.29, 1.82) is 0 Å². The van der Waals surface area contributed by atoms with Crippen LogP contribution in [0.2, 0.25) is 0 Å². The number of esters is 1. The standard InChI is InChI=1S/C16H22O2S/c1-18-16(17)15(13-8-4-2-5-9-13)12-19-14-10-6-3-7-11-14/h2,4-5,8-9,14-15H,3,6-7,10-12H2,1H3. The molecule has 0 N–H and O–H groups in total. The number of carbonyl (C=O) groups excluding carboxylic acids is 1. The van der Waals surface area contributed by atoms with Crippen LogP contribution in [-0.2, 0) is 9.53 Å². The van der Waals surface area contributed by atoms with Crippen LogP contribution in [0.4, 0.5) is 0 Å². The molecule has 3 heteroatoms. The Hall–Kier alpha value is -0.960. The molecular weight excluding hydrogens is 256 g/mol. The van der Waals surface area contributed by atoms with E-state index in [0.717, 1.165) is 16.6 Å². The summed E-state index contributed by atoms with van der Waals surface area (Å²) in [4.78, 5) is 11.9. The highest BCUT2D eigenvalue weighted by Crippen LogP contribution is 2.32. The number of rotatable bonds is 5. The Morgan fingerprint density at radius 1 is 1.26 bits per heavy atom. The molecule has 1 unspecified atom stereocenters. The average Bonchev–Trinajstić information content (AvgIpc) is 2.49. The number of hydrogen-bond donors (Lipinski definition) is 0. The lowest BCUT2D eigenvalue weighted by atomic mass is 10.0. The molecule has 1 atom stereocenters. The van der Waals surface area contributed by atoms with E-state index in [2.05, 4.69) is 0 Å². The van der Waals surface area contributed by atoms with E-state index in [-0.39, 0.29) is 11.9 Å². The van der Waals surface area contributed by atoms with Gasteiger partial charge in [-0.05, 0) is 18.4 Å². The molecule has 1 aromatic carbocycles. The topological polar surface area (TPSA) is 26.3 Å². The molecule has 1 fully saturated rings. The molecule has 104 valence electrons. The van der Waals surface area contributed by atoms with Gasteiger partial charge in [0.15, 0.2) is 0 Å². The largest absolute Gasteiger partial charge is 0.469 e. The van der Waals surface area contributed by atoms with Crippen LogP contribution in [0.3, 0.4) is 0 Å². The lowest BCUT2D eigenvalue weighted by Crippen LogP contribution is -2.19. The highest BCUT2D eigenvalue weighted by Gasteiger charge is 2.23. The smallest absolute Gasteiger partial charge is 0.313 e. The SMILES string of the molecule is COC(=O)C(CSC1CCCCC1)c1ccccc1. The molecule has 0 spiro atoms. The van der Waals surface area contributed by atoms with Gasteiger partial charge in [-0.3, -0.25) is 4.79 Å². The van der Waals surface area contributed by atoms with Crippen LogP contribution in [0.5, 0.6) is 0 Å². The Bertz CT molecular complexity index is 385. The van der Waals surface area contributed by atoms with Gasteiger partial charge in [0, 0.05) is 11.0 Å². The van der Waals surface area contributed by atoms with Crippen LogP contribution in [0.15, 0.2) is 30.3 Å². The Balaban J connectivity index is 1.96. The summed E-state index contributed by atoms with van der Waals surface area (Å²) >= 11 is 1.94. The number of thioether (sulfide) groups is 1. The molecule has 1 aliphatic rings. The maximum absolute atomic E-state index is 11.9. The first kappa shape index (κ1) is 14.4. The highest BCUT2D eigenvalue weighted by atomic mass is 32.2. The van der Waals surface area contributed by atoms with Gasteiger partial charge >= 0.3 is 5.97 Å². The molecule has 1 aromatic rings. The van der Waals surface area contributed by atoms with E-state index in [9.17, 15) is 4.79 Å². The molecule has 2 nitrogen and oxygen atoms in total. The molecule has 2 rings (SSSR count). The van der Waals surface area contributed by atoms with Crippen LogP contribution in [0, 0.1) is 0 Å². The van der Waals surface area contributed by atoms with E-state index in [4.69, 9.17) is 4.74 Å². The van der Waals surface area contributed by atoms with Crippen molar-refractivity contribution in [3.05, 3.63) is 35.9 Å². The normalized spacial score (nSPS) is 17.9. The van der Waals surface area contributed by atoms with Gasteiger partial charge in [0.25, 0.3) is 0 Å². The molecule has 0 amide bonds. The molecule has 0 saturated heterocycles. The summed E-state index contributed by atoms with van der Waals surface area (Å²) in [6.45, 7) is 0. The maximum Gasteiger partial charge on any atom is 0.313 e. The predicted octanol–water partition coefficient (Wildman–Crippen LogP) is 4.01. The molecule has 1 saturated carbocycles. The molecule has 0 heterocycles. The zero-order valence-electron chi connectivity index (χ0n) is 11.5. The Morgan fingerprint density at radius 3 is 2.58 bits per heavy atom. The van der Waals surface area contributed by atoms with E-state index in [1.165, 1.54) is 39.2 Å². The third-order valence-electron chi connectivity index (χ3n) is 3.74. The van der Waals surface area contributed by atoms with E-state index < -0.39 is 0 Å². The van der Waals surface area contributed by atoms with E-state index >= 15 is 0 Å². The van der Waals surface area contributed by atoms with Crippen LogP contribution in [0.1, 0.15) is 43.6 Å². The summed E-state index contributed by atoms with van der Waals surface area (Å²) in [5.74, 6) is 0.592. The van der Waals surface area contributed by atoms with Crippen molar-refractivity contribution in [2.24, 2.45) is 0 Å². The van der Waals surface area contributed by atoms with Crippen LogP contribution in [0.25, 0.3) is 0 Å². The first-order chi connectivity index (χ1) is 9.31. The van der Waals surface area contributed by atoms with Crippen molar-refractivity contribution in [3.63, 3.8) is 0 Å². The first-order valence-electron chi connectivity index (χ1n) is 7.05. The molecule has 19 heavy (non-hydrogen) atoms. The molecular formula is C16H22O2S. The minimum Gasteiger partial charge on any atom is -0.469 e. The lowest BCUT2D eigenvalue weighted by Gasteiger charge is -2.23. The van der Waals surface area contributed by atoms with Crippen molar-refractivity contribution in [3.8, 4) is 0 Å². The zero-order chi connectivity index (χ0) is 13.5. The highest BCUT2D eigenvalue weighted by molar-refractivity contribution is 7.99.